The summed E-state index contributed by atoms with van der Waals surface area (Å²) in [5, 5.41) is 16.9. The van der Waals surface area contributed by atoms with Crippen molar-refractivity contribution in [3.05, 3.63) is 0 Å². The maximum absolute atomic E-state index is 12.7. The van der Waals surface area contributed by atoms with E-state index in [1.165, 1.54) is 0 Å². The lowest BCUT2D eigenvalue weighted by atomic mass is 9.85. The Labute approximate surface area is 142 Å². The zero-order valence-electron chi connectivity index (χ0n) is 14.5. The maximum Gasteiger partial charge on any atom is 0.391 e. The van der Waals surface area contributed by atoms with Crippen LogP contribution in [0.5, 0.6) is 0 Å². The summed E-state index contributed by atoms with van der Waals surface area (Å²) in [6, 6.07) is 0.0161. The van der Waals surface area contributed by atoms with Crippen molar-refractivity contribution < 1.29 is 18.3 Å². The van der Waals surface area contributed by atoms with Crippen LogP contribution in [0.1, 0.15) is 64.7 Å². The SMILES string of the molecule is CCNC(=NCC1(O)CCCCC1)NC1CCC(C(F)(F)F)CC1. The molecule has 0 amide bonds. The quantitative estimate of drug-likeness (QED) is 0.539. The number of nitrogens with one attached hydrogen (secondary N) is 2. The van der Waals surface area contributed by atoms with E-state index in [-0.39, 0.29) is 18.9 Å². The number of guanidine groups is 1. The average molecular weight is 349 g/mol. The van der Waals surface area contributed by atoms with Crippen molar-refractivity contribution in [3.63, 3.8) is 0 Å². The molecule has 0 heterocycles. The molecule has 0 aliphatic heterocycles. The van der Waals surface area contributed by atoms with E-state index in [1.807, 2.05) is 6.92 Å². The molecular formula is C17H30F3N3O. The molecule has 0 unspecified atom stereocenters. The zero-order valence-corrected chi connectivity index (χ0v) is 14.5. The lowest BCUT2D eigenvalue weighted by Crippen LogP contribution is -2.46. The van der Waals surface area contributed by atoms with Gasteiger partial charge in [0.25, 0.3) is 0 Å². The molecule has 0 aromatic rings. The molecule has 3 N–H and O–H groups in total. The topological polar surface area (TPSA) is 56.7 Å². The molecule has 2 aliphatic rings. The third-order valence-electron chi connectivity index (χ3n) is 5.19. The average Bonchev–Trinajstić information content (AvgIpc) is 2.53. The van der Waals surface area contributed by atoms with Gasteiger partial charge >= 0.3 is 6.18 Å². The first-order valence-electron chi connectivity index (χ1n) is 9.16. The van der Waals surface area contributed by atoms with E-state index in [9.17, 15) is 18.3 Å². The number of alkyl halides is 3. The van der Waals surface area contributed by atoms with Gasteiger partial charge in [-0.3, -0.25) is 4.99 Å². The van der Waals surface area contributed by atoms with Crippen molar-refractivity contribution in [1.29, 1.82) is 0 Å². The largest absolute Gasteiger partial charge is 0.391 e. The predicted molar refractivity (Wildman–Crippen MR) is 89.0 cm³/mol. The molecule has 0 saturated heterocycles. The van der Waals surface area contributed by atoms with Crippen LogP contribution in [0.4, 0.5) is 13.2 Å². The van der Waals surface area contributed by atoms with Crippen molar-refractivity contribution in [2.45, 2.75) is 82.5 Å². The number of halogens is 3. The second-order valence-corrected chi connectivity index (χ2v) is 7.21. The van der Waals surface area contributed by atoms with Gasteiger partial charge in [-0.1, -0.05) is 19.3 Å². The zero-order chi connectivity index (χ0) is 17.6. The fourth-order valence-electron chi connectivity index (χ4n) is 3.67. The Morgan fingerprint density at radius 1 is 1.12 bits per heavy atom. The second-order valence-electron chi connectivity index (χ2n) is 7.21. The number of aliphatic hydroxyl groups is 1. The fourth-order valence-corrected chi connectivity index (χ4v) is 3.67. The van der Waals surface area contributed by atoms with Gasteiger partial charge in [-0.05, 0) is 45.4 Å². The molecule has 2 rings (SSSR count). The molecule has 0 spiro atoms. The van der Waals surface area contributed by atoms with E-state index in [0.717, 1.165) is 32.1 Å². The lowest BCUT2D eigenvalue weighted by Gasteiger charge is -2.32. The van der Waals surface area contributed by atoms with E-state index in [1.54, 1.807) is 0 Å². The maximum atomic E-state index is 12.7. The van der Waals surface area contributed by atoms with Gasteiger partial charge in [-0.25, -0.2) is 0 Å². The molecule has 7 heteroatoms. The van der Waals surface area contributed by atoms with Crippen molar-refractivity contribution in [2.75, 3.05) is 13.1 Å². The third kappa shape index (κ3) is 5.83. The highest BCUT2D eigenvalue weighted by atomic mass is 19.4. The second kappa shape index (κ2) is 8.41. The molecule has 2 saturated carbocycles. The standard InChI is InChI=1S/C17H30F3N3O/c1-2-21-15(22-12-16(24)10-4-3-5-11-16)23-14-8-6-13(7-9-14)17(18,19)20/h13-14,24H,2-12H2,1H3,(H2,21,22,23). The van der Waals surface area contributed by atoms with Crippen LogP contribution >= 0.6 is 0 Å². The van der Waals surface area contributed by atoms with Crippen molar-refractivity contribution in [3.8, 4) is 0 Å². The normalized spacial score (nSPS) is 28.5. The first kappa shape index (κ1) is 19.3. The molecule has 0 atom stereocenters. The van der Waals surface area contributed by atoms with E-state index < -0.39 is 17.7 Å². The van der Waals surface area contributed by atoms with Crippen molar-refractivity contribution in [1.82, 2.24) is 10.6 Å². The van der Waals surface area contributed by atoms with Crippen LogP contribution in [0.15, 0.2) is 4.99 Å². The van der Waals surface area contributed by atoms with Gasteiger partial charge in [0.05, 0.1) is 18.1 Å². The fraction of sp³-hybridized carbons (Fsp3) is 0.941. The van der Waals surface area contributed by atoms with Gasteiger partial charge in [0.1, 0.15) is 0 Å². The first-order valence-corrected chi connectivity index (χ1v) is 9.16. The van der Waals surface area contributed by atoms with Crippen molar-refractivity contribution >= 4 is 5.96 Å². The Bertz CT molecular complexity index is 412. The van der Waals surface area contributed by atoms with Crippen LogP contribution in [-0.2, 0) is 0 Å². The number of hydrogen-bond donors (Lipinski definition) is 3. The molecule has 0 radical (unpaired) electrons. The molecule has 4 nitrogen and oxygen atoms in total. The molecule has 0 aromatic heterocycles. The highest BCUT2D eigenvalue weighted by Crippen LogP contribution is 2.37. The minimum Gasteiger partial charge on any atom is -0.388 e. The van der Waals surface area contributed by atoms with Crippen LogP contribution in [-0.4, -0.2) is 42.0 Å². The van der Waals surface area contributed by atoms with Gasteiger partial charge in [-0.15, -0.1) is 0 Å². The Balaban J connectivity index is 1.86. The summed E-state index contributed by atoms with van der Waals surface area (Å²) < 4.78 is 38.2. The van der Waals surface area contributed by atoms with Gasteiger partial charge in [-0.2, -0.15) is 13.2 Å². The van der Waals surface area contributed by atoms with E-state index in [2.05, 4.69) is 15.6 Å². The van der Waals surface area contributed by atoms with Crippen LogP contribution in [0.25, 0.3) is 0 Å². The number of nitrogens with zero attached hydrogens (tertiary/aromatic N) is 1. The number of aliphatic imine (C=N–C) groups is 1. The Kier molecular flexibility index (Phi) is 6.78. The minimum atomic E-state index is -4.08. The summed E-state index contributed by atoms with van der Waals surface area (Å²) in [5.74, 6) is -0.565. The van der Waals surface area contributed by atoms with Crippen LogP contribution in [0, 0.1) is 5.92 Å². The first-order chi connectivity index (χ1) is 11.3. The van der Waals surface area contributed by atoms with Gasteiger partial charge in [0.2, 0.25) is 0 Å². The Hall–Kier alpha value is -0.980. The number of hydrogen-bond acceptors (Lipinski definition) is 2. The Morgan fingerprint density at radius 3 is 2.29 bits per heavy atom. The Morgan fingerprint density at radius 2 is 1.75 bits per heavy atom. The van der Waals surface area contributed by atoms with Gasteiger partial charge < -0.3 is 15.7 Å². The lowest BCUT2D eigenvalue weighted by molar-refractivity contribution is -0.182. The summed E-state index contributed by atoms with van der Waals surface area (Å²) >= 11 is 0. The van der Waals surface area contributed by atoms with E-state index in [0.29, 0.717) is 31.9 Å². The van der Waals surface area contributed by atoms with Crippen LogP contribution in [0.2, 0.25) is 0 Å². The molecule has 2 aliphatic carbocycles. The summed E-state index contributed by atoms with van der Waals surface area (Å²) in [7, 11) is 0. The van der Waals surface area contributed by atoms with Crippen LogP contribution < -0.4 is 10.6 Å². The van der Waals surface area contributed by atoms with E-state index in [4.69, 9.17) is 0 Å². The molecular weight excluding hydrogens is 319 g/mol. The summed E-state index contributed by atoms with van der Waals surface area (Å²) in [6.07, 6.45) is 2.02. The van der Waals surface area contributed by atoms with E-state index >= 15 is 0 Å². The molecule has 24 heavy (non-hydrogen) atoms. The van der Waals surface area contributed by atoms with Crippen molar-refractivity contribution in [2.24, 2.45) is 10.9 Å². The smallest absolute Gasteiger partial charge is 0.388 e. The monoisotopic (exact) mass is 349 g/mol. The highest BCUT2D eigenvalue weighted by Gasteiger charge is 2.41. The number of rotatable bonds is 4. The third-order valence-corrected chi connectivity index (χ3v) is 5.19. The predicted octanol–water partition coefficient (Wildman–Crippen LogP) is 3.36. The molecule has 0 aromatic carbocycles. The minimum absolute atomic E-state index is 0.0161. The molecule has 0 bridgehead atoms. The molecule has 140 valence electrons. The van der Waals surface area contributed by atoms with Gasteiger partial charge in [0, 0.05) is 12.6 Å². The summed E-state index contributed by atoms with van der Waals surface area (Å²) in [5.41, 5.74) is -0.728. The summed E-state index contributed by atoms with van der Waals surface area (Å²) in [4.78, 5) is 4.49. The molecule has 2 fully saturated rings. The summed E-state index contributed by atoms with van der Waals surface area (Å²) in [6.45, 7) is 2.98. The highest BCUT2D eigenvalue weighted by molar-refractivity contribution is 5.80. The van der Waals surface area contributed by atoms with Crippen LogP contribution in [0.3, 0.4) is 0 Å². The van der Waals surface area contributed by atoms with Gasteiger partial charge in [0.15, 0.2) is 5.96 Å².